The average molecular weight is 191 g/mol. The van der Waals surface area contributed by atoms with Crippen LogP contribution >= 0.6 is 0 Å². The van der Waals surface area contributed by atoms with E-state index in [1.165, 1.54) is 0 Å². The molecular formula is C11H13NO2. The number of esters is 1. The van der Waals surface area contributed by atoms with Crippen molar-refractivity contribution in [1.82, 2.24) is 0 Å². The van der Waals surface area contributed by atoms with Crippen LogP contribution in [0, 0.1) is 5.92 Å². The third kappa shape index (κ3) is 2.25. The Hall–Kier alpha value is -1.51. The monoisotopic (exact) mass is 191 g/mol. The predicted octanol–water partition coefficient (Wildman–Crippen LogP) is 1.72. The number of carbonyl (C=O) groups is 1. The van der Waals surface area contributed by atoms with Gasteiger partial charge in [0.2, 0.25) is 0 Å². The summed E-state index contributed by atoms with van der Waals surface area (Å²) < 4.78 is 5.11. The van der Waals surface area contributed by atoms with Crippen LogP contribution in [0.3, 0.4) is 0 Å². The number of hydrogen-bond acceptors (Lipinski definition) is 3. The zero-order chi connectivity index (χ0) is 9.97. The van der Waals surface area contributed by atoms with Crippen LogP contribution in [0.5, 0.6) is 0 Å². The summed E-state index contributed by atoms with van der Waals surface area (Å²) in [6, 6.07) is 7.39. The first-order valence-electron chi connectivity index (χ1n) is 4.77. The molecule has 1 aromatic carbocycles. The first-order valence-corrected chi connectivity index (χ1v) is 4.77. The van der Waals surface area contributed by atoms with Crippen LogP contribution in [-0.4, -0.2) is 5.97 Å². The Morgan fingerprint density at radius 2 is 2.29 bits per heavy atom. The standard InChI is InChI=1S/C11H13NO2/c12-10-3-1-2-8(6-10)7-14-11(13)9-4-5-9/h1-3,6,9H,4-5,7,12H2. The number of nitrogen functional groups attached to an aromatic ring is 1. The van der Waals surface area contributed by atoms with Gasteiger partial charge in [0.25, 0.3) is 0 Å². The van der Waals surface area contributed by atoms with Crippen molar-refractivity contribution < 1.29 is 9.53 Å². The van der Waals surface area contributed by atoms with Crippen molar-refractivity contribution in [3.63, 3.8) is 0 Å². The van der Waals surface area contributed by atoms with E-state index in [2.05, 4.69) is 0 Å². The van der Waals surface area contributed by atoms with Gasteiger partial charge in [-0.2, -0.15) is 0 Å². The second-order valence-electron chi connectivity index (χ2n) is 3.63. The number of anilines is 1. The van der Waals surface area contributed by atoms with Gasteiger partial charge in [-0.15, -0.1) is 0 Å². The van der Waals surface area contributed by atoms with Gasteiger partial charge in [0.15, 0.2) is 0 Å². The Bertz CT molecular complexity index is 345. The molecule has 14 heavy (non-hydrogen) atoms. The van der Waals surface area contributed by atoms with E-state index in [1.807, 2.05) is 24.3 Å². The van der Waals surface area contributed by atoms with Crippen molar-refractivity contribution in [1.29, 1.82) is 0 Å². The molecule has 3 nitrogen and oxygen atoms in total. The van der Waals surface area contributed by atoms with Gasteiger partial charge in [0, 0.05) is 5.69 Å². The number of ether oxygens (including phenoxy) is 1. The van der Waals surface area contributed by atoms with Gasteiger partial charge in [-0.3, -0.25) is 4.79 Å². The van der Waals surface area contributed by atoms with Crippen LogP contribution in [0.25, 0.3) is 0 Å². The highest BCUT2D eigenvalue weighted by Gasteiger charge is 2.31. The van der Waals surface area contributed by atoms with Gasteiger partial charge in [-0.1, -0.05) is 12.1 Å². The number of hydrogen-bond donors (Lipinski definition) is 1. The van der Waals surface area contributed by atoms with Crippen LogP contribution in [0.2, 0.25) is 0 Å². The van der Waals surface area contributed by atoms with Gasteiger partial charge in [0.05, 0.1) is 5.92 Å². The Labute approximate surface area is 82.9 Å². The second-order valence-corrected chi connectivity index (χ2v) is 3.63. The summed E-state index contributed by atoms with van der Waals surface area (Å²) in [6.07, 6.45) is 1.96. The molecule has 0 aliphatic heterocycles. The van der Waals surface area contributed by atoms with Gasteiger partial charge in [0.1, 0.15) is 6.61 Å². The Kier molecular flexibility index (Phi) is 2.39. The molecule has 0 atom stereocenters. The van der Waals surface area contributed by atoms with E-state index in [9.17, 15) is 4.79 Å². The molecule has 0 heterocycles. The summed E-state index contributed by atoms with van der Waals surface area (Å²) in [5, 5.41) is 0. The quantitative estimate of drug-likeness (QED) is 0.584. The molecule has 1 saturated carbocycles. The molecule has 0 radical (unpaired) electrons. The van der Waals surface area contributed by atoms with Crippen molar-refractivity contribution >= 4 is 11.7 Å². The molecular weight excluding hydrogens is 178 g/mol. The molecule has 0 aromatic heterocycles. The summed E-state index contributed by atoms with van der Waals surface area (Å²) in [6.45, 7) is 0.334. The fourth-order valence-corrected chi connectivity index (χ4v) is 1.27. The SMILES string of the molecule is Nc1cccc(COC(=O)C2CC2)c1. The van der Waals surface area contributed by atoms with Crippen molar-refractivity contribution in [2.45, 2.75) is 19.4 Å². The molecule has 0 amide bonds. The normalized spacial score (nSPS) is 15.1. The van der Waals surface area contributed by atoms with Crippen LogP contribution in [-0.2, 0) is 16.1 Å². The summed E-state index contributed by atoms with van der Waals surface area (Å²) in [7, 11) is 0. The van der Waals surface area contributed by atoms with Crippen molar-refractivity contribution in [2.75, 3.05) is 5.73 Å². The lowest BCUT2D eigenvalue weighted by molar-refractivity contribution is -0.146. The lowest BCUT2D eigenvalue weighted by Gasteiger charge is -2.04. The molecule has 1 fully saturated rings. The average Bonchev–Trinajstić information content (AvgIpc) is 2.97. The number of rotatable bonds is 3. The Morgan fingerprint density at radius 3 is 2.93 bits per heavy atom. The van der Waals surface area contributed by atoms with Crippen LogP contribution < -0.4 is 5.73 Å². The minimum atomic E-state index is -0.0765. The van der Waals surface area contributed by atoms with E-state index in [1.54, 1.807) is 0 Å². The maximum absolute atomic E-state index is 11.2. The van der Waals surface area contributed by atoms with Crippen LogP contribution in [0.15, 0.2) is 24.3 Å². The van der Waals surface area contributed by atoms with Crippen molar-refractivity contribution in [2.24, 2.45) is 5.92 Å². The maximum Gasteiger partial charge on any atom is 0.309 e. The van der Waals surface area contributed by atoms with Crippen LogP contribution in [0.1, 0.15) is 18.4 Å². The fourth-order valence-electron chi connectivity index (χ4n) is 1.27. The van der Waals surface area contributed by atoms with E-state index in [4.69, 9.17) is 10.5 Å². The summed E-state index contributed by atoms with van der Waals surface area (Å²) in [5.41, 5.74) is 7.24. The molecule has 0 bridgehead atoms. The van der Waals surface area contributed by atoms with E-state index < -0.39 is 0 Å². The molecule has 0 spiro atoms. The minimum absolute atomic E-state index is 0.0765. The number of carbonyl (C=O) groups excluding carboxylic acids is 1. The molecule has 2 rings (SSSR count). The zero-order valence-electron chi connectivity index (χ0n) is 7.90. The highest BCUT2D eigenvalue weighted by atomic mass is 16.5. The molecule has 74 valence electrons. The summed E-state index contributed by atoms with van der Waals surface area (Å²) >= 11 is 0. The maximum atomic E-state index is 11.2. The topological polar surface area (TPSA) is 52.3 Å². The highest BCUT2D eigenvalue weighted by Crippen LogP contribution is 2.30. The largest absolute Gasteiger partial charge is 0.461 e. The van der Waals surface area contributed by atoms with E-state index in [0.29, 0.717) is 12.3 Å². The fraction of sp³-hybridized carbons (Fsp3) is 0.364. The van der Waals surface area contributed by atoms with Gasteiger partial charge in [-0.05, 0) is 30.5 Å². The Balaban J connectivity index is 1.87. The Morgan fingerprint density at radius 1 is 1.50 bits per heavy atom. The minimum Gasteiger partial charge on any atom is -0.461 e. The molecule has 1 aliphatic carbocycles. The molecule has 3 heteroatoms. The third-order valence-electron chi connectivity index (χ3n) is 2.24. The van der Waals surface area contributed by atoms with Gasteiger partial charge >= 0.3 is 5.97 Å². The van der Waals surface area contributed by atoms with E-state index in [0.717, 1.165) is 18.4 Å². The first kappa shape index (κ1) is 9.06. The summed E-state index contributed by atoms with van der Waals surface area (Å²) in [4.78, 5) is 11.2. The van der Waals surface area contributed by atoms with E-state index in [-0.39, 0.29) is 11.9 Å². The van der Waals surface area contributed by atoms with Crippen LogP contribution in [0.4, 0.5) is 5.69 Å². The van der Waals surface area contributed by atoms with Crippen molar-refractivity contribution in [3.05, 3.63) is 29.8 Å². The van der Waals surface area contributed by atoms with E-state index >= 15 is 0 Å². The first-order chi connectivity index (χ1) is 6.75. The molecule has 1 aliphatic rings. The summed E-state index contributed by atoms with van der Waals surface area (Å²) in [5.74, 6) is 0.0866. The lowest BCUT2D eigenvalue weighted by atomic mass is 10.2. The second kappa shape index (κ2) is 3.70. The molecule has 1 aromatic rings. The molecule has 0 unspecified atom stereocenters. The predicted molar refractivity (Wildman–Crippen MR) is 53.4 cm³/mol. The number of nitrogens with two attached hydrogens (primary N) is 1. The van der Waals surface area contributed by atoms with Gasteiger partial charge in [-0.25, -0.2) is 0 Å². The molecule has 2 N–H and O–H groups in total. The molecule has 0 saturated heterocycles. The third-order valence-corrected chi connectivity index (χ3v) is 2.24. The zero-order valence-corrected chi connectivity index (χ0v) is 7.90. The van der Waals surface area contributed by atoms with Gasteiger partial charge < -0.3 is 10.5 Å². The van der Waals surface area contributed by atoms with Crippen molar-refractivity contribution in [3.8, 4) is 0 Å². The smallest absolute Gasteiger partial charge is 0.309 e. The highest BCUT2D eigenvalue weighted by molar-refractivity contribution is 5.74. The number of benzene rings is 1. The lowest BCUT2D eigenvalue weighted by Crippen LogP contribution is -2.06.